The standard InChI is InChI=1S/C24H26N2O2/c1-17-10-11-19(28-15-14-25-2)16-21(17)23(27)26-24(12-13-24)22-9-5-7-18-6-3-4-8-20(18)22/h3-11,16,25H,12-15H2,1-2H3,(H,26,27). The van der Waals surface area contributed by atoms with Crippen LogP contribution in [0.4, 0.5) is 0 Å². The van der Waals surface area contributed by atoms with Crippen LogP contribution in [0.2, 0.25) is 0 Å². The van der Waals surface area contributed by atoms with Gasteiger partial charge in [-0.15, -0.1) is 0 Å². The molecular weight excluding hydrogens is 348 g/mol. The van der Waals surface area contributed by atoms with Crippen molar-refractivity contribution in [2.45, 2.75) is 25.3 Å². The van der Waals surface area contributed by atoms with Crippen molar-refractivity contribution in [1.82, 2.24) is 10.6 Å². The summed E-state index contributed by atoms with van der Waals surface area (Å²) in [5, 5.41) is 8.79. The first-order valence-corrected chi connectivity index (χ1v) is 9.82. The van der Waals surface area contributed by atoms with Crippen molar-refractivity contribution in [2.24, 2.45) is 0 Å². The maximum atomic E-state index is 13.1. The topological polar surface area (TPSA) is 50.4 Å². The summed E-state index contributed by atoms with van der Waals surface area (Å²) in [5.74, 6) is 0.683. The van der Waals surface area contributed by atoms with Gasteiger partial charge in [-0.2, -0.15) is 0 Å². The Bertz CT molecular complexity index is 1000. The van der Waals surface area contributed by atoms with Crippen LogP contribution in [0.15, 0.2) is 60.7 Å². The molecular formula is C24H26N2O2. The molecule has 3 aromatic rings. The second-order valence-electron chi connectivity index (χ2n) is 7.49. The molecule has 0 heterocycles. The molecule has 28 heavy (non-hydrogen) atoms. The number of nitrogens with one attached hydrogen (secondary N) is 2. The Kier molecular flexibility index (Phi) is 5.05. The van der Waals surface area contributed by atoms with Crippen molar-refractivity contribution >= 4 is 16.7 Å². The Morgan fingerprint density at radius 2 is 1.86 bits per heavy atom. The summed E-state index contributed by atoms with van der Waals surface area (Å²) in [6.07, 6.45) is 1.92. The Labute approximate surface area is 165 Å². The lowest BCUT2D eigenvalue weighted by atomic mass is 9.96. The number of ether oxygens (including phenoxy) is 1. The third-order valence-electron chi connectivity index (χ3n) is 5.48. The fraction of sp³-hybridized carbons (Fsp3) is 0.292. The molecule has 4 rings (SSSR count). The van der Waals surface area contributed by atoms with Gasteiger partial charge in [-0.05, 0) is 60.8 Å². The molecule has 3 aromatic carbocycles. The number of amides is 1. The van der Waals surface area contributed by atoms with Crippen LogP contribution in [0.1, 0.15) is 34.3 Å². The highest BCUT2D eigenvalue weighted by Gasteiger charge is 2.46. The zero-order valence-corrected chi connectivity index (χ0v) is 16.4. The van der Waals surface area contributed by atoms with E-state index >= 15 is 0 Å². The summed E-state index contributed by atoms with van der Waals surface area (Å²) in [6.45, 7) is 3.30. The number of benzene rings is 3. The maximum absolute atomic E-state index is 13.1. The molecule has 1 aliphatic rings. The van der Waals surface area contributed by atoms with E-state index in [1.165, 1.54) is 16.3 Å². The molecule has 1 aliphatic carbocycles. The SMILES string of the molecule is CNCCOc1ccc(C)c(C(=O)NC2(c3cccc4ccccc34)CC2)c1. The van der Waals surface area contributed by atoms with Gasteiger partial charge in [0.05, 0.1) is 5.54 Å². The van der Waals surface area contributed by atoms with E-state index in [1.54, 1.807) is 0 Å². The molecule has 2 N–H and O–H groups in total. The van der Waals surface area contributed by atoms with Crippen LogP contribution in [-0.4, -0.2) is 26.1 Å². The molecule has 1 amide bonds. The van der Waals surface area contributed by atoms with Crippen molar-refractivity contribution in [3.05, 3.63) is 77.4 Å². The van der Waals surface area contributed by atoms with E-state index in [9.17, 15) is 4.79 Å². The minimum atomic E-state index is -0.270. The van der Waals surface area contributed by atoms with Crippen LogP contribution in [0.25, 0.3) is 10.8 Å². The lowest BCUT2D eigenvalue weighted by molar-refractivity contribution is 0.0930. The molecule has 0 radical (unpaired) electrons. The molecule has 0 spiro atoms. The summed E-state index contributed by atoms with van der Waals surface area (Å²) in [6, 6.07) is 20.4. The van der Waals surface area contributed by atoms with E-state index in [2.05, 4.69) is 47.0 Å². The third-order valence-corrected chi connectivity index (χ3v) is 5.48. The lowest BCUT2D eigenvalue weighted by Gasteiger charge is -2.21. The molecule has 144 valence electrons. The Hall–Kier alpha value is -2.85. The first-order chi connectivity index (χ1) is 13.6. The Balaban J connectivity index is 1.59. The number of likely N-dealkylation sites (N-methyl/N-ethyl adjacent to an activating group) is 1. The van der Waals surface area contributed by atoms with E-state index < -0.39 is 0 Å². The van der Waals surface area contributed by atoms with E-state index in [1.807, 2.05) is 38.2 Å². The number of hydrogen-bond donors (Lipinski definition) is 2. The first-order valence-electron chi connectivity index (χ1n) is 9.82. The van der Waals surface area contributed by atoms with Crippen LogP contribution in [0.3, 0.4) is 0 Å². The Morgan fingerprint density at radius 3 is 2.64 bits per heavy atom. The summed E-state index contributed by atoms with van der Waals surface area (Å²) in [4.78, 5) is 13.1. The van der Waals surface area contributed by atoms with Crippen molar-refractivity contribution in [1.29, 1.82) is 0 Å². The van der Waals surface area contributed by atoms with Gasteiger partial charge in [-0.1, -0.05) is 48.5 Å². The minimum Gasteiger partial charge on any atom is -0.492 e. The quantitative estimate of drug-likeness (QED) is 0.611. The highest BCUT2D eigenvalue weighted by atomic mass is 16.5. The van der Waals surface area contributed by atoms with Gasteiger partial charge >= 0.3 is 0 Å². The second-order valence-corrected chi connectivity index (χ2v) is 7.49. The fourth-order valence-corrected chi connectivity index (χ4v) is 3.72. The summed E-state index contributed by atoms with van der Waals surface area (Å²) in [5.41, 5.74) is 2.56. The van der Waals surface area contributed by atoms with E-state index in [0.717, 1.165) is 30.7 Å². The number of rotatable bonds is 7. The lowest BCUT2D eigenvalue weighted by Crippen LogP contribution is -2.35. The van der Waals surface area contributed by atoms with Crippen LogP contribution in [-0.2, 0) is 5.54 Å². The van der Waals surface area contributed by atoms with Crippen molar-refractivity contribution in [3.8, 4) is 5.75 Å². The maximum Gasteiger partial charge on any atom is 0.252 e. The Morgan fingerprint density at radius 1 is 1.07 bits per heavy atom. The van der Waals surface area contributed by atoms with Gasteiger partial charge in [0.1, 0.15) is 12.4 Å². The van der Waals surface area contributed by atoms with Crippen molar-refractivity contribution in [3.63, 3.8) is 0 Å². The molecule has 0 bridgehead atoms. The molecule has 0 aromatic heterocycles. The number of carbonyl (C=O) groups excluding carboxylic acids is 1. The van der Waals surface area contributed by atoms with Crippen LogP contribution in [0, 0.1) is 6.92 Å². The average molecular weight is 374 g/mol. The highest BCUT2D eigenvalue weighted by Crippen LogP contribution is 2.48. The molecule has 0 atom stereocenters. The van der Waals surface area contributed by atoms with Crippen molar-refractivity contribution in [2.75, 3.05) is 20.2 Å². The molecule has 0 saturated heterocycles. The molecule has 1 saturated carbocycles. The van der Waals surface area contributed by atoms with Crippen LogP contribution >= 0.6 is 0 Å². The normalized spacial score (nSPS) is 14.6. The minimum absolute atomic E-state index is 0.0398. The summed E-state index contributed by atoms with van der Waals surface area (Å²) >= 11 is 0. The number of hydrogen-bond acceptors (Lipinski definition) is 3. The zero-order valence-electron chi connectivity index (χ0n) is 16.4. The number of carbonyl (C=O) groups is 1. The molecule has 0 unspecified atom stereocenters. The summed E-state index contributed by atoms with van der Waals surface area (Å²) < 4.78 is 5.74. The second kappa shape index (κ2) is 7.64. The van der Waals surface area contributed by atoms with Gasteiger partial charge in [-0.25, -0.2) is 0 Å². The zero-order chi connectivity index (χ0) is 19.6. The molecule has 4 nitrogen and oxygen atoms in total. The first kappa shape index (κ1) is 18.5. The van der Waals surface area contributed by atoms with Crippen LogP contribution in [0.5, 0.6) is 5.75 Å². The van der Waals surface area contributed by atoms with Gasteiger partial charge < -0.3 is 15.4 Å². The van der Waals surface area contributed by atoms with Gasteiger partial charge in [0, 0.05) is 12.1 Å². The summed E-state index contributed by atoms with van der Waals surface area (Å²) in [7, 11) is 1.89. The smallest absolute Gasteiger partial charge is 0.252 e. The van der Waals surface area contributed by atoms with E-state index in [4.69, 9.17) is 4.74 Å². The van der Waals surface area contributed by atoms with Gasteiger partial charge in [-0.3, -0.25) is 4.79 Å². The van der Waals surface area contributed by atoms with Gasteiger partial charge in [0.2, 0.25) is 0 Å². The van der Waals surface area contributed by atoms with Crippen molar-refractivity contribution < 1.29 is 9.53 Å². The predicted molar refractivity (Wildman–Crippen MR) is 113 cm³/mol. The van der Waals surface area contributed by atoms with E-state index in [-0.39, 0.29) is 11.4 Å². The number of fused-ring (bicyclic) bond motifs is 1. The molecule has 0 aliphatic heterocycles. The fourth-order valence-electron chi connectivity index (χ4n) is 3.72. The van der Waals surface area contributed by atoms with Gasteiger partial charge in [0.25, 0.3) is 5.91 Å². The van der Waals surface area contributed by atoms with Crippen LogP contribution < -0.4 is 15.4 Å². The third kappa shape index (κ3) is 3.60. The molecule has 4 heteroatoms. The average Bonchev–Trinajstić information content (AvgIpc) is 3.49. The van der Waals surface area contributed by atoms with Gasteiger partial charge in [0.15, 0.2) is 0 Å². The predicted octanol–water partition coefficient (Wildman–Crippen LogP) is 4.17. The highest BCUT2D eigenvalue weighted by molar-refractivity contribution is 5.97. The molecule has 1 fully saturated rings. The monoisotopic (exact) mass is 374 g/mol. The number of aryl methyl sites for hydroxylation is 1. The largest absolute Gasteiger partial charge is 0.492 e. The van der Waals surface area contributed by atoms with E-state index in [0.29, 0.717) is 12.2 Å².